The zero-order valence-electron chi connectivity index (χ0n) is 7.37. The molecule has 0 aliphatic heterocycles. The monoisotopic (exact) mass is 161 g/mol. The van der Waals surface area contributed by atoms with Crippen LogP contribution in [0.15, 0.2) is 37.0 Å². The predicted octanol–water partition coefficient (Wildman–Crippen LogP) is 3.37. The second-order valence-corrected chi connectivity index (χ2v) is 2.48. The molecule has 1 heteroatoms. The van der Waals surface area contributed by atoms with Crippen molar-refractivity contribution >= 4 is 0 Å². The molecule has 0 amide bonds. The van der Waals surface area contributed by atoms with Gasteiger partial charge in [-0.15, -0.1) is 0 Å². The van der Waals surface area contributed by atoms with E-state index in [0.29, 0.717) is 0 Å². The summed E-state index contributed by atoms with van der Waals surface area (Å²) >= 11 is 0. The van der Waals surface area contributed by atoms with E-state index in [4.69, 9.17) is 5.26 Å². The molecule has 64 valence electrons. The number of allylic oxidation sites excluding steroid dienone is 5. The summed E-state index contributed by atoms with van der Waals surface area (Å²) in [4.78, 5) is 0. The topological polar surface area (TPSA) is 23.8 Å². The minimum atomic E-state index is 1.01. The molecule has 0 N–H and O–H groups in total. The van der Waals surface area contributed by atoms with Crippen LogP contribution in [-0.2, 0) is 0 Å². The standard InChI is InChI=1S/C11H15N/c1-2-3-4-5-6-7-8-9-10-11-12/h2-4,9-10H,1,5-8H2/b4-3+,10-9+. The van der Waals surface area contributed by atoms with Gasteiger partial charge in [-0.3, -0.25) is 0 Å². The predicted molar refractivity (Wildman–Crippen MR) is 52.6 cm³/mol. The first-order valence-electron chi connectivity index (χ1n) is 4.24. The summed E-state index contributed by atoms with van der Waals surface area (Å²) in [5, 5.41) is 8.18. The Morgan fingerprint density at radius 1 is 1.17 bits per heavy atom. The van der Waals surface area contributed by atoms with Crippen LogP contribution in [0.2, 0.25) is 0 Å². The molecule has 1 nitrogen and oxygen atoms in total. The van der Waals surface area contributed by atoms with Crippen LogP contribution in [0, 0.1) is 11.3 Å². The van der Waals surface area contributed by atoms with Crippen molar-refractivity contribution < 1.29 is 0 Å². The third-order valence-electron chi connectivity index (χ3n) is 1.46. The van der Waals surface area contributed by atoms with Crippen LogP contribution in [-0.4, -0.2) is 0 Å². The molecule has 0 fully saturated rings. The van der Waals surface area contributed by atoms with Crippen molar-refractivity contribution in [3.63, 3.8) is 0 Å². The van der Waals surface area contributed by atoms with E-state index in [0.717, 1.165) is 19.3 Å². The second kappa shape index (κ2) is 9.71. The van der Waals surface area contributed by atoms with E-state index in [9.17, 15) is 0 Å². The minimum absolute atomic E-state index is 1.01. The molecule has 0 aromatic carbocycles. The minimum Gasteiger partial charge on any atom is -0.193 e. The van der Waals surface area contributed by atoms with E-state index >= 15 is 0 Å². The van der Waals surface area contributed by atoms with Crippen molar-refractivity contribution in [2.24, 2.45) is 0 Å². The quantitative estimate of drug-likeness (QED) is 0.333. The largest absolute Gasteiger partial charge is 0.193 e. The van der Waals surface area contributed by atoms with Crippen LogP contribution in [0.25, 0.3) is 0 Å². The van der Waals surface area contributed by atoms with Gasteiger partial charge in [-0.05, 0) is 25.7 Å². The van der Waals surface area contributed by atoms with Gasteiger partial charge < -0.3 is 0 Å². The molecule has 0 saturated heterocycles. The highest BCUT2D eigenvalue weighted by Gasteiger charge is 1.81. The zero-order chi connectivity index (χ0) is 9.07. The second-order valence-electron chi connectivity index (χ2n) is 2.48. The van der Waals surface area contributed by atoms with E-state index in [-0.39, 0.29) is 0 Å². The van der Waals surface area contributed by atoms with Gasteiger partial charge in [0.25, 0.3) is 0 Å². The lowest BCUT2D eigenvalue weighted by molar-refractivity contribution is 0.762. The molecule has 0 rings (SSSR count). The van der Waals surface area contributed by atoms with Gasteiger partial charge in [0.2, 0.25) is 0 Å². The molecule has 12 heavy (non-hydrogen) atoms. The highest BCUT2D eigenvalue weighted by atomic mass is 14.2. The number of nitriles is 1. The third-order valence-corrected chi connectivity index (χ3v) is 1.46. The van der Waals surface area contributed by atoms with Crippen molar-refractivity contribution in [2.45, 2.75) is 25.7 Å². The van der Waals surface area contributed by atoms with E-state index in [1.165, 1.54) is 6.42 Å². The SMILES string of the molecule is C=C/C=C/CCCC/C=C/C#N. The number of rotatable bonds is 6. The van der Waals surface area contributed by atoms with Crippen molar-refractivity contribution in [3.8, 4) is 6.07 Å². The maximum atomic E-state index is 8.18. The average molecular weight is 161 g/mol. The molecule has 0 aliphatic rings. The number of hydrogen-bond acceptors (Lipinski definition) is 1. The summed E-state index contributed by atoms with van der Waals surface area (Å²) in [5.41, 5.74) is 0. The summed E-state index contributed by atoms with van der Waals surface area (Å²) in [7, 11) is 0. The van der Waals surface area contributed by atoms with E-state index < -0.39 is 0 Å². The first-order chi connectivity index (χ1) is 5.91. The number of unbranched alkanes of at least 4 members (excludes halogenated alkanes) is 3. The molecule has 0 aromatic rings. The average Bonchev–Trinajstić information content (AvgIpc) is 2.10. The van der Waals surface area contributed by atoms with Crippen molar-refractivity contribution in [1.82, 2.24) is 0 Å². The Morgan fingerprint density at radius 3 is 2.42 bits per heavy atom. The van der Waals surface area contributed by atoms with Crippen LogP contribution in [0.4, 0.5) is 0 Å². The fourth-order valence-corrected chi connectivity index (χ4v) is 0.853. The first-order valence-corrected chi connectivity index (χ1v) is 4.24. The van der Waals surface area contributed by atoms with Crippen molar-refractivity contribution in [1.29, 1.82) is 5.26 Å². The highest BCUT2D eigenvalue weighted by Crippen LogP contribution is 2.01. The molecular formula is C11H15N. The molecular weight excluding hydrogens is 146 g/mol. The normalized spacial score (nSPS) is 10.6. The fraction of sp³-hybridized carbons (Fsp3) is 0.364. The van der Waals surface area contributed by atoms with Crippen LogP contribution in [0.3, 0.4) is 0 Å². The molecule has 0 aliphatic carbocycles. The molecule has 0 unspecified atom stereocenters. The Kier molecular flexibility index (Phi) is 8.67. The lowest BCUT2D eigenvalue weighted by Crippen LogP contribution is -1.71. The molecule has 0 saturated carbocycles. The summed E-state index contributed by atoms with van der Waals surface area (Å²) < 4.78 is 0. The van der Waals surface area contributed by atoms with Gasteiger partial charge in [0.1, 0.15) is 0 Å². The number of nitrogens with zero attached hydrogens (tertiary/aromatic N) is 1. The van der Waals surface area contributed by atoms with Gasteiger partial charge in [0.15, 0.2) is 0 Å². The van der Waals surface area contributed by atoms with Crippen LogP contribution < -0.4 is 0 Å². The van der Waals surface area contributed by atoms with Crippen LogP contribution >= 0.6 is 0 Å². The van der Waals surface area contributed by atoms with Gasteiger partial charge in [-0.25, -0.2) is 0 Å². The molecule has 0 aromatic heterocycles. The summed E-state index contributed by atoms with van der Waals surface area (Å²) in [5.74, 6) is 0. The Bertz CT molecular complexity index is 194. The van der Waals surface area contributed by atoms with Gasteiger partial charge >= 0.3 is 0 Å². The Hall–Kier alpha value is -1.29. The molecule has 0 radical (unpaired) electrons. The Morgan fingerprint density at radius 2 is 1.83 bits per heavy atom. The lowest BCUT2D eigenvalue weighted by atomic mass is 10.2. The van der Waals surface area contributed by atoms with E-state index in [1.807, 2.05) is 18.2 Å². The third kappa shape index (κ3) is 8.71. The molecule has 0 spiro atoms. The van der Waals surface area contributed by atoms with Gasteiger partial charge in [0.05, 0.1) is 6.07 Å². The lowest BCUT2D eigenvalue weighted by Gasteiger charge is -1.90. The van der Waals surface area contributed by atoms with Crippen LogP contribution in [0.5, 0.6) is 0 Å². The van der Waals surface area contributed by atoms with Gasteiger partial charge in [-0.1, -0.05) is 30.9 Å². The highest BCUT2D eigenvalue weighted by molar-refractivity contribution is 5.01. The molecule has 0 bridgehead atoms. The Labute approximate surface area is 74.7 Å². The number of hydrogen-bond donors (Lipinski definition) is 0. The maximum absolute atomic E-state index is 8.18. The van der Waals surface area contributed by atoms with Crippen LogP contribution in [0.1, 0.15) is 25.7 Å². The molecule has 0 heterocycles. The maximum Gasteiger partial charge on any atom is 0.0908 e. The van der Waals surface area contributed by atoms with Gasteiger partial charge in [0, 0.05) is 6.08 Å². The fourth-order valence-electron chi connectivity index (χ4n) is 0.853. The van der Waals surface area contributed by atoms with Crippen molar-refractivity contribution in [2.75, 3.05) is 0 Å². The molecule has 0 atom stereocenters. The summed E-state index contributed by atoms with van der Waals surface area (Å²) in [6.45, 7) is 3.58. The summed E-state index contributed by atoms with van der Waals surface area (Å²) in [6, 6.07) is 1.97. The zero-order valence-corrected chi connectivity index (χ0v) is 7.37. The Balaban J connectivity index is 3.12. The van der Waals surface area contributed by atoms with Crippen molar-refractivity contribution in [3.05, 3.63) is 37.0 Å². The summed E-state index contributed by atoms with van der Waals surface area (Å²) in [6.07, 6.45) is 13.8. The first kappa shape index (κ1) is 10.7. The van der Waals surface area contributed by atoms with Gasteiger partial charge in [-0.2, -0.15) is 5.26 Å². The smallest absolute Gasteiger partial charge is 0.0908 e. The van der Waals surface area contributed by atoms with E-state index in [1.54, 1.807) is 12.2 Å². The van der Waals surface area contributed by atoms with E-state index in [2.05, 4.69) is 12.7 Å².